The number of esters is 1. The Hall–Kier alpha value is -1.21. The normalized spacial score (nSPS) is 14.8. The van der Waals surface area contributed by atoms with Gasteiger partial charge in [0.2, 0.25) is 5.91 Å². The molecule has 2 amide bonds. The van der Waals surface area contributed by atoms with Crippen molar-refractivity contribution in [2.45, 2.75) is 25.7 Å². The number of ether oxygens (including phenoxy) is 1. The van der Waals surface area contributed by atoms with Crippen molar-refractivity contribution in [3.8, 4) is 0 Å². The SMILES string of the molecule is O=C(COC(=O)CN1CCCCCC1=O)Nc1c(Cl)c(Cl)cc(Cl)c1Cl. The highest BCUT2D eigenvalue weighted by molar-refractivity contribution is 6.50. The Morgan fingerprint density at radius 3 is 2.38 bits per heavy atom. The van der Waals surface area contributed by atoms with Crippen LogP contribution in [0.2, 0.25) is 20.1 Å². The topological polar surface area (TPSA) is 75.7 Å². The molecule has 1 aromatic carbocycles. The molecule has 6 nitrogen and oxygen atoms in total. The maximum Gasteiger partial charge on any atom is 0.326 e. The van der Waals surface area contributed by atoms with Crippen LogP contribution >= 0.6 is 46.4 Å². The Bertz CT molecular complexity index is 700. The number of benzene rings is 1. The monoisotopic (exact) mass is 440 g/mol. The lowest BCUT2D eigenvalue weighted by atomic mass is 10.2. The number of carbonyl (C=O) groups excluding carboxylic acids is 3. The highest BCUT2D eigenvalue weighted by Gasteiger charge is 2.21. The van der Waals surface area contributed by atoms with Gasteiger partial charge in [0.05, 0.1) is 25.8 Å². The maximum absolute atomic E-state index is 12.0. The first-order valence-corrected chi connectivity index (χ1v) is 9.37. The zero-order chi connectivity index (χ0) is 19.3. The molecule has 26 heavy (non-hydrogen) atoms. The van der Waals surface area contributed by atoms with Gasteiger partial charge < -0.3 is 15.0 Å². The van der Waals surface area contributed by atoms with Gasteiger partial charge in [-0.2, -0.15) is 0 Å². The molecule has 0 aromatic heterocycles. The second-order valence-corrected chi connectivity index (χ2v) is 7.25. The molecule has 0 saturated carbocycles. The average Bonchev–Trinajstić information content (AvgIpc) is 2.80. The molecule has 0 aliphatic carbocycles. The second-order valence-electron chi connectivity index (χ2n) is 5.68. The lowest BCUT2D eigenvalue weighted by Gasteiger charge is -2.19. The van der Waals surface area contributed by atoms with Gasteiger partial charge >= 0.3 is 5.97 Å². The van der Waals surface area contributed by atoms with Crippen LogP contribution in [-0.4, -0.2) is 42.4 Å². The zero-order valence-electron chi connectivity index (χ0n) is 13.6. The summed E-state index contributed by atoms with van der Waals surface area (Å²) in [4.78, 5) is 37.2. The van der Waals surface area contributed by atoms with Crippen LogP contribution in [0.4, 0.5) is 5.69 Å². The Labute approximate surface area is 170 Å². The molecular weight excluding hydrogens is 426 g/mol. The number of hydrogen-bond acceptors (Lipinski definition) is 4. The first-order chi connectivity index (χ1) is 12.3. The summed E-state index contributed by atoms with van der Waals surface area (Å²) < 4.78 is 4.91. The summed E-state index contributed by atoms with van der Waals surface area (Å²) in [6.07, 6.45) is 3.02. The summed E-state index contributed by atoms with van der Waals surface area (Å²) in [6.45, 7) is -0.235. The molecule has 0 bridgehead atoms. The van der Waals surface area contributed by atoms with E-state index in [1.54, 1.807) is 0 Å². The lowest BCUT2D eigenvalue weighted by Crippen LogP contribution is -2.36. The molecule has 1 aliphatic rings. The highest BCUT2D eigenvalue weighted by atomic mass is 35.5. The number of halogens is 4. The molecule has 0 radical (unpaired) electrons. The molecule has 0 atom stereocenters. The van der Waals surface area contributed by atoms with E-state index in [0.29, 0.717) is 13.0 Å². The molecule has 1 saturated heterocycles. The van der Waals surface area contributed by atoms with Crippen molar-refractivity contribution in [3.05, 3.63) is 26.2 Å². The number of nitrogens with zero attached hydrogens (tertiary/aromatic N) is 1. The number of carbonyl (C=O) groups is 3. The quantitative estimate of drug-likeness (QED) is 0.549. The van der Waals surface area contributed by atoms with E-state index in [-0.39, 0.29) is 38.2 Å². The molecule has 0 spiro atoms. The minimum atomic E-state index is -0.670. The van der Waals surface area contributed by atoms with Crippen LogP contribution in [-0.2, 0) is 19.1 Å². The van der Waals surface area contributed by atoms with Gasteiger partial charge in [-0.3, -0.25) is 14.4 Å². The molecule has 0 unspecified atom stereocenters. The van der Waals surface area contributed by atoms with E-state index in [1.165, 1.54) is 11.0 Å². The van der Waals surface area contributed by atoms with E-state index in [2.05, 4.69) is 5.32 Å². The third-order valence-corrected chi connectivity index (χ3v) is 5.31. The van der Waals surface area contributed by atoms with E-state index >= 15 is 0 Å². The second kappa shape index (κ2) is 9.65. The molecule has 10 heteroatoms. The minimum Gasteiger partial charge on any atom is -0.454 e. The van der Waals surface area contributed by atoms with E-state index in [0.717, 1.165) is 19.3 Å². The standard InChI is InChI=1S/C16H16Cl4N2O4/c17-9-6-10(18)15(20)16(14(9)19)21-11(23)8-26-13(25)7-22-5-3-1-2-4-12(22)24/h6H,1-5,7-8H2,(H,21,23). The molecule has 1 fully saturated rings. The van der Waals surface area contributed by atoms with E-state index in [4.69, 9.17) is 51.1 Å². The minimum absolute atomic E-state index is 0.0240. The van der Waals surface area contributed by atoms with Crippen LogP contribution in [0.5, 0.6) is 0 Å². The van der Waals surface area contributed by atoms with Crippen molar-refractivity contribution in [2.24, 2.45) is 0 Å². The number of likely N-dealkylation sites (tertiary alicyclic amines) is 1. The lowest BCUT2D eigenvalue weighted by molar-refractivity contribution is -0.151. The molecule has 1 aromatic rings. The summed E-state index contributed by atoms with van der Waals surface area (Å²) in [6, 6.07) is 1.35. The van der Waals surface area contributed by atoms with Gasteiger partial charge in [-0.15, -0.1) is 0 Å². The average molecular weight is 442 g/mol. The number of nitrogens with one attached hydrogen (secondary N) is 1. The maximum atomic E-state index is 12.0. The fourth-order valence-electron chi connectivity index (χ4n) is 2.41. The van der Waals surface area contributed by atoms with Crippen molar-refractivity contribution in [1.29, 1.82) is 0 Å². The third kappa shape index (κ3) is 5.64. The van der Waals surface area contributed by atoms with Crippen LogP contribution in [0.1, 0.15) is 25.7 Å². The van der Waals surface area contributed by atoms with Gasteiger partial charge in [0.1, 0.15) is 6.54 Å². The van der Waals surface area contributed by atoms with Gasteiger partial charge in [0, 0.05) is 13.0 Å². The summed E-state index contributed by atoms with van der Waals surface area (Å²) in [5.74, 6) is -1.42. The summed E-state index contributed by atoms with van der Waals surface area (Å²) in [7, 11) is 0. The van der Waals surface area contributed by atoms with E-state index in [9.17, 15) is 14.4 Å². The number of hydrogen-bond donors (Lipinski definition) is 1. The summed E-state index contributed by atoms with van der Waals surface area (Å²) in [5.41, 5.74) is 0.0366. The third-order valence-electron chi connectivity index (χ3n) is 3.73. The molecule has 1 N–H and O–H groups in total. The van der Waals surface area contributed by atoms with Crippen molar-refractivity contribution in [3.63, 3.8) is 0 Å². The largest absolute Gasteiger partial charge is 0.454 e. The first kappa shape index (κ1) is 21.1. The molecule has 2 rings (SSSR count). The Balaban J connectivity index is 1.89. The van der Waals surface area contributed by atoms with E-state index in [1.807, 2.05) is 0 Å². The van der Waals surface area contributed by atoms with Crippen LogP contribution < -0.4 is 5.32 Å². The molecular formula is C16H16Cl4N2O4. The Kier molecular flexibility index (Phi) is 7.83. The predicted molar refractivity (Wildman–Crippen MR) is 101 cm³/mol. The van der Waals surface area contributed by atoms with Crippen molar-refractivity contribution in [1.82, 2.24) is 4.90 Å². The zero-order valence-corrected chi connectivity index (χ0v) is 16.6. The van der Waals surface area contributed by atoms with Gasteiger partial charge in [-0.1, -0.05) is 52.8 Å². The number of amides is 2. The van der Waals surface area contributed by atoms with Gasteiger partial charge in [-0.25, -0.2) is 0 Å². The molecule has 142 valence electrons. The fraction of sp³-hybridized carbons (Fsp3) is 0.438. The number of rotatable bonds is 5. The summed E-state index contributed by atoms with van der Waals surface area (Å²) >= 11 is 23.8. The van der Waals surface area contributed by atoms with Crippen LogP contribution in [0, 0.1) is 0 Å². The highest BCUT2D eigenvalue weighted by Crippen LogP contribution is 2.40. The van der Waals surface area contributed by atoms with Gasteiger partial charge in [-0.05, 0) is 18.9 Å². The Morgan fingerprint density at radius 2 is 1.73 bits per heavy atom. The van der Waals surface area contributed by atoms with Crippen LogP contribution in [0.15, 0.2) is 6.07 Å². The smallest absolute Gasteiger partial charge is 0.326 e. The van der Waals surface area contributed by atoms with Crippen molar-refractivity contribution >= 4 is 69.9 Å². The predicted octanol–water partition coefficient (Wildman–Crippen LogP) is 4.18. The van der Waals surface area contributed by atoms with E-state index < -0.39 is 18.5 Å². The van der Waals surface area contributed by atoms with Crippen LogP contribution in [0.3, 0.4) is 0 Å². The molecule has 1 aliphatic heterocycles. The van der Waals surface area contributed by atoms with Gasteiger partial charge in [0.15, 0.2) is 6.61 Å². The van der Waals surface area contributed by atoms with Gasteiger partial charge in [0.25, 0.3) is 5.91 Å². The van der Waals surface area contributed by atoms with Crippen molar-refractivity contribution < 1.29 is 19.1 Å². The molecule has 1 heterocycles. The van der Waals surface area contributed by atoms with Crippen LogP contribution in [0.25, 0.3) is 0 Å². The van der Waals surface area contributed by atoms with Crippen molar-refractivity contribution in [2.75, 3.05) is 25.0 Å². The number of anilines is 1. The summed E-state index contributed by atoms with van der Waals surface area (Å²) in [5, 5.41) is 2.69. The fourth-order valence-corrected chi connectivity index (χ4v) is 3.32. The Morgan fingerprint density at radius 1 is 1.08 bits per heavy atom. The first-order valence-electron chi connectivity index (χ1n) is 7.86.